The predicted octanol–water partition coefficient (Wildman–Crippen LogP) is 3.53. The zero-order valence-corrected chi connectivity index (χ0v) is 15.3. The van der Waals surface area contributed by atoms with Gasteiger partial charge in [-0.05, 0) is 62.6 Å². The summed E-state index contributed by atoms with van der Waals surface area (Å²) in [7, 11) is 0. The number of halogens is 3. The third-order valence-electron chi connectivity index (χ3n) is 6.21. The van der Waals surface area contributed by atoms with Gasteiger partial charge in [-0.15, -0.1) is 13.2 Å². The van der Waals surface area contributed by atoms with Gasteiger partial charge in [-0.2, -0.15) is 0 Å². The predicted molar refractivity (Wildman–Crippen MR) is 91.9 cm³/mol. The first kappa shape index (κ1) is 18.6. The zero-order chi connectivity index (χ0) is 19.4. The van der Waals surface area contributed by atoms with Crippen molar-refractivity contribution in [1.82, 2.24) is 4.90 Å². The number of hydrogen-bond donors (Lipinski definition) is 1. The second-order valence-corrected chi connectivity index (χ2v) is 8.97. The molecule has 0 atom stereocenters. The van der Waals surface area contributed by atoms with E-state index in [-0.39, 0.29) is 23.0 Å². The number of amides is 1. The van der Waals surface area contributed by atoms with E-state index in [4.69, 9.17) is 0 Å². The number of nitrogens with zero attached hydrogens (tertiary/aromatic N) is 1. The van der Waals surface area contributed by atoms with E-state index in [0.717, 1.165) is 37.9 Å². The fraction of sp³-hybridized carbons (Fsp3) is 0.650. The van der Waals surface area contributed by atoms with E-state index in [1.807, 2.05) is 4.90 Å². The number of ether oxygens (including phenoxy) is 1. The van der Waals surface area contributed by atoms with Gasteiger partial charge in [0.2, 0.25) is 5.91 Å². The van der Waals surface area contributed by atoms with E-state index in [1.54, 1.807) is 19.1 Å². The lowest BCUT2D eigenvalue weighted by molar-refractivity contribution is -0.274. The van der Waals surface area contributed by atoms with E-state index in [2.05, 4.69) is 4.74 Å². The van der Waals surface area contributed by atoms with Gasteiger partial charge in [0, 0.05) is 24.4 Å². The molecule has 0 unspecified atom stereocenters. The molecule has 2 aliphatic carbocycles. The summed E-state index contributed by atoms with van der Waals surface area (Å²) in [4.78, 5) is 14.3. The molecule has 1 heterocycles. The van der Waals surface area contributed by atoms with E-state index in [1.165, 1.54) is 12.1 Å². The van der Waals surface area contributed by atoms with Gasteiger partial charge >= 0.3 is 6.36 Å². The lowest BCUT2D eigenvalue weighted by atomic mass is 9.56. The summed E-state index contributed by atoms with van der Waals surface area (Å²) in [5.41, 5.74) is 0.574. The number of alkyl halides is 3. The van der Waals surface area contributed by atoms with Crippen molar-refractivity contribution in [2.75, 3.05) is 13.1 Å². The average molecular weight is 383 g/mol. The summed E-state index contributed by atoms with van der Waals surface area (Å²) in [6.07, 6.45) is -0.587. The van der Waals surface area contributed by atoms with Crippen molar-refractivity contribution >= 4 is 5.91 Å². The average Bonchev–Trinajstić information content (AvgIpc) is 2.45. The second-order valence-electron chi connectivity index (χ2n) is 8.97. The van der Waals surface area contributed by atoms with E-state index in [9.17, 15) is 23.1 Å². The van der Waals surface area contributed by atoms with Gasteiger partial charge in [-0.3, -0.25) is 4.79 Å². The SMILES string of the molecule is CC1(O)CC(C(=O)N2CC3(CC(Cc4ccc(OC(F)(F)F)cc4)C3)C2)C1. The van der Waals surface area contributed by atoms with Crippen LogP contribution in [0.1, 0.15) is 38.2 Å². The number of rotatable bonds is 4. The topological polar surface area (TPSA) is 49.8 Å². The monoisotopic (exact) mass is 383 g/mol. The molecule has 1 amide bonds. The van der Waals surface area contributed by atoms with Gasteiger partial charge in [0.1, 0.15) is 5.75 Å². The summed E-state index contributed by atoms with van der Waals surface area (Å²) in [6.45, 7) is 3.38. The van der Waals surface area contributed by atoms with Crippen molar-refractivity contribution in [3.05, 3.63) is 29.8 Å². The Morgan fingerprint density at radius 2 is 1.78 bits per heavy atom. The molecule has 7 heteroatoms. The minimum Gasteiger partial charge on any atom is -0.406 e. The molecule has 3 fully saturated rings. The van der Waals surface area contributed by atoms with E-state index >= 15 is 0 Å². The molecular formula is C20H24F3NO3. The largest absolute Gasteiger partial charge is 0.573 e. The fourth-order valence-corrected chi connectivity index (χ4v) is 5.08. The molecule has 1 spiro atoms. The maximum atomic E-state index is 12.3. The van der Waals surface area contributed by atoms with Crippen LogP contribution in [0.15, 0.2) is 24.3 Å². The smallest absolute Gasteiger partial charge is 0.406 e. The van der Waals surface area contributed by atoms with Crippen LogP contribution in [0.3, 0.4) is 0 Å². The molecule has 0 aromatic heterocycles. The molecule has 1 aromatic rings. The van der Waals surface area contributed by atoms with Gasteiger partial charge in [0.05, 0.1) is 5.60 Å². The van der Waals surface area contributed by atoms with Crippen molar-refractivity contribution in [2.24, 2.45) is 17.3 Å². The Labute approximate surface area is 156 Å². The van der Waals surface area contributed by atoms with Crippen molar-refractivity contribution in [1.29, 1.82) is 0 Å². The van der Waals surface area contributed by atoms with Crippen LogP contribution in [-0.4, -0.2) is 41.0 Å². The van der Waals surface area contributed by atoms with Crippen LogP contribution in [-0.2, 0) is 11.2 Å². The molecule has 1 saturated heterocycles. The highest BCUT2D eigenvalue weighted by atomic mass is 19.4. The van der Waals surface area contributed by atoms with Crippen LogP contribution in [0.2, 0.25) is 0 Å². The Balaban J connectivity index is 1.20. The molecular weight excluding hydrogens is 359 g/mol. The molecule has 148 valence electrons. The van der Waals surface area contributed by atoms with Crippen molar-refractivity contribution in [3.63, 3.8) is 0 Å². The summed E-state index contributed by atoms with van der Waals surface area (Å²) in [5.74, 6) is 0.474. The molecule has 0 bridgehead atoms. The van der Waals surface area contributed by atoms with Crippen LogP contribution in [0.25, 0.3) is 0 Å². The number of carbonyl (C=O) groups excluding carboxylic acids is 1. The second kappa shape index (κ2) is 6.12. The normalized spacial score (nSPS) is 29.7. The van der Waals surface area contributed by atoms with Gasteiger partial charge in [0.15, 0.2) is 0 Å². The maximum absolute atomic E-state index is 12.3. The Morgan fingerprint density at radius 3 is 2.30 bits per heavy atom. The molecule has 1 N–H and O–H groups in total. The molecule has 1 aromatic carbocycles. The van der Waals surface area contributed by atoms with Gasteiger partial charge in [-0.25, -0.2) is 0 Å². The number of carbonyl (C=O) groups is 1. The van der Waals surface area contributed by atoms with Crippen molar-refractivity contribution in [2.45, 2.75) is 51.0 Å². The molecule has 2 saturated carbocycles. The van der Waals surface area contributed by atoms with Crippen molar-refractivity contribution < 1.29 is 27.8 Å². The summed E-state index contributed by atoms with van der Waals surface area (Å²) in [6, 6.07) is 6.08. The molecule has 27 heavy (non-hydrogen) atoms. The number of hydrogen-bond acceptors (Lipinski definition) is 3. The summed E-state index contributed by atoms with van der Waals surface area (Å²) >= 11 is 0. The Kier molecular flexibility index (Phi) is 4.22. The first-order valence-corrected chi connectivity index (χ1v) is 9.39. The fourth-order valence-electron chi connectivity index (χ4n) is 5.08. The van der Waals surface area contributed by atoms with Gasteiger partial charge in [-0.1, -0.05) is 12.1 Å². The van der Waals surface area contributed by atoms with Gasteiger partial charge < -0.3 is 14.7 Å². The highest BCUT2D eigenvalue weighted by molar-refractivity contribution is 5.81. The van der Waals surface area contributed by atoms with Gasteiger partial charge in [0.25, 0.3) is 0 Å². The lowest BCUT2D eigenvalue weighted by Gasteiger charge is -2.60. The first-order chi connectivity index (χ1) is 12.5. The molecule has 4 nitrogen and oxygen atoms in total. The van der Waals surface area contributed by atoms with E-state index < -0.39 is 12.0 Å². The standard InChI is InChI=1S/C20H24F3NO3/c1-18(26)9-15(10-18)17(25)24-11-19(12-24)7-14(8-19)6-13-2-4-16(5-3-13)27-20(21,22)23/h2-5,14-15,26H,6-12H2,1H3. The summed E-state index contributed by atoms with van der Waals surface area (Å²) < 4.78 is 40.4. The van der Waals surface area contributed by atoms with Crippen LogP contribution in [0.5, 0.6) is 5.75 Å². The van der Waals surface area contributed by atoms with Crippen LogP contribution in [0.4, 0.5) is 13.2 Å². The highest BCUT2D eigenvalue weighted by Crippen LogP contribution is 2.54. The number of benzene rings is 1. The van der Waals surface area contributed by atoms with Crippen molar-refractivity contribution in [3.8, 4) is 5.75 Å². The number of aliphatic hydroxyl groups is 1. The zero-order valence-electron chi connectivity index (χ0n) is 15.3. The summed E-state index contributed by atoms with van der Waals surface area (Å²) in [5, 5.41) is 9.78. The number of likely N-dealkylation sites (tertiary alicyclic amines) is 1. The third kappa shape index (κ3) is 3.93. The van der Waals surface area contributed by atoms with Crippen LogP contribution in [0, 0.1) is 17.3 Å². The third-order valence-corrected chi connectivity index (χ3v) is 6.21. The van der Waals surface area contributed by atoms with E-state index in [0.29, 0.717) is 18.8 Å². The van der Waals surface area contributed by atoms with Crippen LogP contribution < -0.4 is 4.74 Å². The minimum absolute atomic E-state index is 0.0225. The Bertz CT molecular complexity index is 707. The first-order valence-electron chi connectivity index (χ1n) is 9.39. The van der Waals surface area contributed by atoms with Crippen LogP contribution >= 0.6 is 0 Å². The molecule has 4 rings (SSSR count). The minimum atomic E-state index is -4.66. The molecule has 0 radical (unpaired) electrons. The molecule has 1 aliphatic heterocycles. The lowest BCUT2D eigenvalue weighted by Crippen LogP contribution is -2.66. The molecule has 3 aliphatic rings. The maximum Gasteiger partial charge on any atom is 0.573 e. The highest BCUT2D eigenvalue weighted by Gasteiger charge is 2.55. The Hall–Kier alpha value is -1.76. The quantitative estimate of drug-likeness (QED) is 0.866. The Morgan fingerprint density at radius 1 is 1.19 bits per heavy atom.